The third-order valence-electron chi connectivity index (χ3n) is 2.14. The number of hydrogen-bond donors (Lipinski definition) is 1. The van der Waals surface area contributed by atoms with Crippen LogP contribution in [0, 0.1) is 0 Å². The van der Waals surface area contributed by atoms with Crippen LogP contribution in [0.5, 0.6) is 0 Å². The SMILES string of the molecule is C=C(C)C(=O)OCCOP(=O)(CC)CCC(=O)O. The molecule has 0 aliphatic heterocycles. The molecule has 0 radical (unpaired) electrons. The van der Waals surface area contributed by atoms with Crippen LogP contribution in [-0.4, -0.2) is 42.6 Å². The van der Waals surface area contributed by atoms with Gasteiger partial charge in [-0.3, -0.25) is 9.36 Å². The minimum atomic E-state index is -2.93. The average molecular weight is 278 g/mol. The van der Waals surface area contributed by atoms with Crippen LogP contribution in [0.2, 0.25) is 0 Å². The fraction of sp³-hybridized carbons (Fsp3) is 0.636. The number of esters is 1. The number of carboxylic acid groups (broad SMARTS) is 1. The summed E-state index contributed by atoms with van der Waals surface area (Å²) in [6.45, 7) is 6.57. The Balaban J connectivity index is 4.00. The lowest BCUT2D eigenvalue weighted by Gasteiger charge is -2.16. The quantitative estimate of drug-likeness (QED) is 0.300. The predicted molar refractivity (Wildman–Crippen MR) is 67.0 cm³/mol. The molecule has 0 bridgehead atoms. The van der Waals surface area contributed by atoms with Crippen molar-refractivity contribution in [3.63, 3.8) is 0 Å². The molecular formula is C11H19O6P. The molecule has 1 N–H and O–H groups in total. The van der Waals surface area contributed by atoms with Crippen molar-refractivity contribution in [3.05, 3.63) is 12.2 Å². The summed E-state index contributed by atoms with van der Waals surface area (Å²) in [5, 5.41) is 8.52. The summed E-state index contributed by atoms with van der Waals surface area (Å²) >= 11 is 0. The molecule has 104 valence electrons. The molecule has 18 heavy (non-hydrogen) atoms. The number of hydrogen-bond acceptors (Lipinski definition) is 5. The summed E-state index contributed by atoms with van der Waals surface area (Å²) < 4.78 is 21.9. The number of aliphatic carboxylic acids is 1. The Labute approximate surface area is 106 Å². The number of carbonyl (C=O) groups excluding carboxylic acids is 1. The maximum Gasteiger partial charge on any atom is 0.333 e. The van der Waals surface area contributed by atoms with E-state index in [1.54, 1.807) is 6.92 Å². The van der Waals surface area contributed by atoms with E-state index in [0.717, 1.165) is 0 Å². The molecule has 6 nitrogen and oxygen atoms in total. The van der Waals surface area contributed by atoms with Gasteiger partial charge in [0.25, 0.3) is 0 Å². The fourth-order valence-corrected chi connectivity index (χ4v) is 2.61. The zero-order chi connectivity index (χ0) is 14.2. The lowest BCUT2D eigenvalue weighted by molar-refractivity contribution is -0.139. The van der Waals surface area contributed by atoms with Gasteiger partial charge in [-0.25, -0.2) is 4.79 Å². The summed E-state index contributed by atoms with van der Waals surface area (Å²) in [4.78, 5) is 21.4. The van der Waals surface area contributed by atoms with Gasteiger partial charge in [0.15, 0.2) is 0 Å². The van der Waals surface area contributed by atoms with Crippen LogP contribution in [0.25, 0.3) is 0 Å². The third kappa shape index (κ3) is 7.25. The molecular weight excluding hydrogens is 259 g/mol. The van der Waals surface area contributed by atoms with Gasteiger partial charge in [-0.05, 0) is 6.92 Å². The molecule has 0 aromatic rings. The molecule has 0 heterocycles. The first kappa shape index (κ1) is 16.9. The smallest absolute Gasteiger partial charge is 0.333 e. The van der Waals surface area contributed by atoms with Crippen molar-refractivity contribution in [3.8, 4) is 0 Å². The summed E-state index contributed by atoms with van der Waals surface area (Å²) in [6.07, 6.45) is 0.0542. The summed E-state index contributed by atoms with van der Waals surface area (Å²) in [7, 11) is -2.93. The molecule has 0 aliphatic carbocycles. The van der Waals surface area contributed by atoms with Gasteiger partial charge >= 0.3 is 11.9 Å². The Morgan fingerprint density at radius 1 is 1.33 bits per heavy atom. The number of ether oxygens (including phenoxy) is 1. The zero-order valence-corrected chi connectivity index (χ0v) is 11.6. The summed E-state index contributed by atoms with van der Waals surface area (Å²) in [6, 6.07) is 0. The minimum Gasteiger partial charge on any atom is -0.481 e. The van der Waals surface area contributed by atoms with Crippen LogP contribution >= 0.6 is 7.37 Å². The highest BCUT2D eigenvalue weighted by molar-refractivity contribution is 7.58. The molecule has 0 fully saturated rings. The van der Waals surface area contributed by atoms with Crippen LogP contribution in [0.15, 0.2) is 12.2 Å². The second kappa shape index (κ2) is 8.06. The molecule has 1 unspecified atom stereocenters. The number of rotatable bonds is 9. The second-order valence-electron chi connectivity index (χ2n) is 3.75. The molecule has 0 amide bonds. The van der Waals surface area contributed by atoms with Crippen LogP contribution in [0.1, 0.15) is 20.3 Å². The Kier molecular flexibility index (Phi) is 7.55. The number of carbonyl (C=O) groups is 2. The Morgan fingerprint density at radius 2 is 1.94 bits per heavy atom. The first-order chi connectivity index (χ1) is 8.30. The Bertz CT molecular complexity index is 363. The topological polar surface area (TPSA) is 89.9 Å². The van der Waals surface area contributed by atoms with Crippen LogP contribution in [0.3, 0.4) is 0 Å². The molecule has 0 saturated carbocycles. The first-order valence-corrected chi connectivity index (χ1v) is 7.57. The molecule has 0 aromatic carbocycles. The van der Waals surface area contributed by atoms with E-state index >= 15 is 0 Å². The monoisotopic (exact) mass is 278 g/mol. The molecule has 0 spiro atoms. The van der Waals surface area contributed by atoms with Gasteiger partial charge < -0.3 is 14.4 Å². The lowest BCUT2D eigenvalue weighted by atomic mass is 10.4. The van der Waals surface area contributed by atoms with Gasteiger partial charge in [0.2, 0.25) is 7.37 Å². The zero-order valence-electron chi connectivity index (χ0n) is 10.7. The van der Waals surface area contributed by atoms with E-state index in [1.165, 1.54) is 6.92 Å². The summed E-state index contributed by atoms with van der Waals surface area (Å²) in [5.74, 6) is -1.54. The van der Waals surface area contributed by atoms with Crippen LogP contribution in [-0.2, 0) is 23.4 Å². The van der Waals surface area contributed by atoms with Crippen molar-refractivity contribution in [2.75, 3.05) is 25.5 Å². The van der Waals surface area contributed by atoms with E-state index in [1.807, 2.05) is 0 Å². The van der Waals surface area contributed by atoms with Gasteiger partial charge in [0, 0.05) is 17.9 Å². The standard InChI is InChI=1S/C11H19O6P/c1-4-18(15,8-5-10(12)13)17-7-6-16-11(14)9(2)3/h2,4-8H2,1,3H3,(H,12,13). The Hall–Kier alpha value is -1.13. The van der Waals surface area contributed by atoms with Gasteiger partial charge in [0.05, 0.1) is 13.0 Å². The van der Waals surface area contributed by atoms with Gasteiger partial charge in [-0.2, -0.15) is 0 Å². The highest BCUT2D eigenvalue weighted by atomic mass is 31.2. The van der Waals surface area contributed by atoms with E-state index in [2.05, 4.69) is 6.58 Å². The highest BCUT2D eigenvalue weighted by Crippen LogP contribution is 2.46. The van der Waals surface area contributed by atoms with Crippen molar-refractivity contribution in [1.82, 2.24) is 0 Å². The van der Waals surface area contributed by atoms with E-state index in [0.29, 0.717) is 0 Å². The van der Waals surface area contributed by atoms with Crippen LogP contribution < -0.4 is 0 Å². The first-order valence-electron chi connectivity index (χ1n) is 5.58. The van der Waals surface area contributed by atoms with E-state index in [9.17, 15) is 14.2 Å². The molecule has 0 aromatic heterocycles. The van der Waals surface area contributed by atoms with E-state index in [-0.39, 0.29) is 37.5 Å². The second-order valence-corrected chi connectivity index (χ2v) is 6.71. The van der Waals surface area contributed by atoms with Crippen molar-refractivity contribution in [2.24, 2.45) is 0 Å². The third-order valence-corrected chi connectivity index (χ3v) is 4.66. The van der Waals surface area contributed by atoms with Gasteiger partial charge in [-0.15, -0.1) is 0 Å². The Morgan fingerprint density at radius 3 is 2.39 bits per heavy atom. The molecule has 7 heteroatoms. The van der Waals surface area contributed by atoms with E-state index < -0.39 is 19.3 Å². The average Bonchev–Trinajstić information content (AvgIpc) is 2.31. The van der Waals surface area contributed by atoms with Crippen LogP contribution in [0.4, 0.5) is 0 Å². The largest absolute Gasteiger partial charge is 0.481 e. The minimum absolute atomic E-state index is 0.00668. The van der Waals surface area contributed by atoms with E-state index in [4.69, 9.17) is 14.4 Å². The maximum absolute atomic E-state index is 12.0. The highest BCUT2D eigenvalue weighted by Gasteiger charge is 2.21. The van der Waals surface area contributed by atoms with Crippen molar-refractivity contribution in [1.29, 1.82) is 0 Å². The lowest BCUT2D eigenvalue weighted by Crippen LogP contribution is -2.12. The van der Waals surface area contributed by atoms with Gasteiger partial charge in [0.1, 0.15) is 6.61 Å². The summed E-state index contributed by atoms with van der Waals surface area (Å²) in [5.41, 5.74) is 0.277. The normalized spacial score (nSPS) is 13.7. The molecule has 0 rings (SSSR count). The van der Waals surface area contributed by atoms with Crippen molar-refractivity contribution < 1.29 is 28.5 Å². The van der Waals surface area contributed by atoms with Crippen molar-refractivity contribution in [2.45, 2.75) is 20.3 Å². The fourth-order valence-electron chi connectivity index (χ4n) is 1.04. The molecule has 1 atom stereocenters. The molecule has 0 aliphatic rings. The number of carboxylic acids is 1. The predicted octanol–water partition coefficient (Wildman–Crippen LogP) is 1.90. The van der Waals surface area contributed by atoms with Gasteiger partial charge in [-0.1, -0.05) is 13.5 Å². The molecule has 0 saturated heterocycles. The maximum atomic E-state index is 12.0. The van der Waals surface area contributed by atoms with Crippen molar-refractivity contribution >= 4 is 19.3 Å².